The SMILES string of the molecule is NC(=NO)C(CN1CCC(CCO)C1)C(F)(F)F. The van der Waals surface area contributed by atoms with Crippen LogP contribution in [0.4, 0.5) is 13.2 Å². The van der Waals surface area contributed by atoms with Gasteiger partial charge in [0.1, 0.15) is 5.92 Å². The van der Waals surface area contributed by atoms with Crippen molar-refractivity contribution in [1.82, 2.24) is 4.90 Å². The lowest BCUT2D eigenvalue weighted by Gasteiger charge is -2.24. The number of halogens is 3. The van der Waals surface area contributed by atoms with Crippen LogP contribution in [-0.4, -0.2) is 53.5 Å². The van der Waals surface area contributed by atoms with Crippen molar-refractivity contribution < 1.29 is 23.5 Å². The minimum absolute atomic E-state index is 0.0431. The van der Waals surface area contributed by atoms with E-state index < -0.39 is 17.9 Å². The van der Waals surface area contributed by atoms with Gasteiger partial charge in [-0.2, -0.15) is 13.2 Å². The van der Waals surface area contributed by atoms with E-state index in [1.165, 1.54) is 0 Å². The van der Waals surface area contributed by atoms with Crippen molar-refractivity contribution in [1.29, 1.82) is 0 Å². The molecule has 1 heterocycles. The maximum absolute atomic E-state index is 12.7. The zero-order valence-corrected chi connectivity index (χ0v) is 9.90. The van der Waals surface area contributed by atoms with Crippen LogP contribution in [0.5, 0.6) is 0 Å². The van der Waals surface area contributed by atoms with Crippen molar-refractivity contribution in [3.8, 4) is 0 Å². The Kier molecular flexibility index (Phi) is 5.21. The summed E-state index contributed by atoms with van der Waals surface area (Å²) in [4.78, 5) is 1.64. The van der Waals surface area contributed by atoms with Crippen molar-refractivity contribution in [3.05, 3.63) is 0 Å². The molecule has 0 bridgehead atoms. The fraction of sp³-hybridized carbons (Fsp3) is 0.900. The van der Waals surface area contributed by atoms with E-state index in [1.807, 2.05) is 0 Å². The van der Waals surface area contributed by atoms with Crippen molar-refractivity contribution in [2.24, 2.45) is 22.7 Å². The molecule has 1 aliphatic heterocycles. The Morgan fingerprint density at radius 1 is 1.50 bits per heavy atom. The molecule has 0 amide bonds. The number of rotatable bonds is 5. The molecule has 8 heteroatoms. The van der Waals surface area contributed by atoms with Crippen LogP contribution >= 0.6 is 0 Å². The molecule has 0 spiro atoms. The molecule has 106 valence electrons. The van der Waals surface area contributed by atoms with Crippen LogP contribution in [0.1, 0.15) is 12.8 Å². The number of nitrogens with two attached hydrogens (primary N) is 1. The van der Waals surface area contributed by atoms with Crippen LogP contribution in [0.2, 0.25) is 0 Å². The molecule has 4 N–H and O–H groups in total. The highest BCUT2D eigenvalue weighted by molar-refractivity contribution is 5.83. The lowest BCUT2D eigenvalue weighted by molar-refractivity contribution is -0.159. The van der Waals surface area contributed by atoms with Crippen LogP contribution in [-0.2, 0) is 0 Å². The zero-order valence-electron chi connectivity index (χ0n) is 9.90. The van der Waals surface area contributed by atoms with Crippen LogP contribution in [0, 0.1) is 11.8 Å². The van der Waals surface area contributed by atoms with E-state index >= 15 is 0 Å². The Hall–Kier alpha value is -1.02. The quantitative estimate of drug-likeness (QED) is 0.296. The topological polar surface area (TPSA) is 82.1 Å². The molecule has 2 atom stereocenters. The molecular formula is C10H18F3N3O2. The molecule has 1 fully saturated rings. The van der Waals surface area contributed by atoms with Crippen molar-refractivity contribution in [3.63, 3.8) is 0 Å². The van der Waals surface area contributed by atoms with E-state index in [1.54, 1.807) is 4.90 Å². The molecule has 0 aromatic heterocycles. The highest BCUT2D eigenvalue weighted by Gasteiger charge is 2.44. The Morgan fingerprint density at radius 2 is 2.17 bits per heavy atom. The van der Waals surface area contributed by atoms with Crippen molar-refractivity contribution in [2.45, 2.75) is 19.0 Å². The van der Waals surface area contributed by atoms with E-state index in [9.17, 15) is 13.2 Å². The molecule has 1 saturated heterocycles. The summed E-state index contributed by atoms with van der Waals surface area (Å²) in [7, 11) is 0. The van der Waals surface area contributed by atoms with Gasteiger partial charge in [0, 0.05) is 19.7 Å². The predicted molar refractivity (Wildman–Crippen MR) is 59.2 cm³/mol. The summed E-state index contributed by atoms with van der Waals surface area (Å²) in [5.74, 6) is -2.54. The van der Waals surface area contributed by atoms with Crippen molar-refractivity contribution in [2.75, 3.05) is 26.2 Å². The number of nitrogens with zero attached hydrogens (tertiary/aromatic N) is 2. The van der Waals surface area contributed by atoms with E-state index in [0.29, 0.717) is 19.5 Å². The second-order valence-corrected chi connectivity index (χ2v) is 4.55. The maximum atomic E-state index is 12.7. The average Bonchev–Trinajstić information content (AvgIpc) is 2.72. The van der Waals surface area contributed by atoms with Gasteiger partial charge in [-0.25, -0.2) is 0 Å². The summed E-state index contributed by atoms with van der Waals surface area (Å²) < 4.78 is 38.2. The van der Waals surface area contributed by atoms with E-state index in [-0.39, 0.29) is 19.1 Å². The number of alkyl halides is 3. The van der Waals surface area contributed by atoms with Gasteiger partial charge in [-0.1, -0.05) is 5.16 Å². The Labute approximate surface area is 103 Å². The number of hydrogen-bond donors (Lipinski definition) is 3. The standard InChI is InChI=1S/C10H18F3N3O2/c11-10(12,13)8(9(14)15-18)6-16-3-1-7(5-16)2-4-17/h7-8,17-18H,1-6H2,(H2,14,15). The lowest BCUT2D eigenvalue weighted by atomic mass is 10.1. The molecule has 0 saturated carbocycles. The minimum atomic E-state index is -4.52. The second kappa shape index (κ2) is 6.24. The first-order chi connectivity index (χ1) is 8.38. The Morgan fingerprint density at radius 3 is 2.67 bits per heavy atom. The van der Waals surface area contributed by atoms with Gasteiger partial charge < -0.3 is 20.9 Å². The number of aliphatic hydroxyl groups excluding tert-OH is 1. The third kappa shape index (κ3) is 4.02. The van der Waals surface area contributed by atoms with Gasteiger partial charge in [0.15, 0.2) is 5.84 Å². The number of hydrogen-bond acceptors (Lipinski definition) is 4. The fourth-order valence-electron chi connectivity index (χ4n) is 2.19. The summed E-state index contributed by atoms with van der Waals surface area (Å²) in [6, 6.07) is 0. The van der Waals surface area contributed by atoms with Crippen LogP contribution in [0.3, 0.4) is 0 Å². The largest absolute Gasteiger partial charge is 0.409 e. The van der Waals surface area contributed by atoms with Gasteiger partial charge in [-0.3, -0.25) is 0 Å². The average molecular weight is 269 g/mol. The normalized spacial score (nSPS) is 24.4. The Bertz CT molecular complexity index is 297. The molecule has 5 nitrogen and oxygen atoms in total. The van der Waals surface area contributed by atoms with Crippen LogP contribution < -0.4 is 5.73 Å². The molecule has 0 aromatic rings. The van der Waals surface area contributed by atoms with Gasteiger partial charge in [0.25, 0.3) is 0 Å². The van der Waals surface area contributed by atoms with Crippen LogP contribution in [0.15, 0.2) is 5.16 Å². The first-order valence-electron chi connectivity index (χ1n) is 5.75. The molecule has 18 heavy (non-hydrogen) atoms. The second-order valence-electron chi connectivity index (χ2n) is 4.55. The molecule has 1 rings (SSSR count). The van der Waals surface area contributed by atoms with Crippen molar-refractivity contribution >= 4 is 5.84 Å². The van der Waals surface area contributed by atoms with Crippen LogP contribution in [0.25, 0.3) is 0 Å². The first kappa shape index (κ1) is 15.0. The van der Waals surface area contributed by atoms with Gasteiger partial charge >= 0.3 is 6.18 Å². The van der Waals surface area contributed by atoms with E-state index in [4.69, 9.17) is 16.0 Å². The van der Waals surface area contributed by atoms with E-state index in [2.05, 4.69) is 5.16 Å². The number of likely N-dealkylation sites (tertiary alicyclic amines) is 1. The lowest BCUT2D eigenvalue weighted by Crippen LogP contribution is -2.43. The summed E-state index contributed by atoms with van der Waals surface area (Å²) in [5.41, 5.74) is 5.09. The molecular weight excluding hydrogens is 251 g/mol. The molecule has 0 radical (unpaired) electrons. The smallest absolute Gasteiger partial charge is 0.400 e. The molecule has 0 aliphatic carbocycles. The highest BCUT2D eigenvalue weighted by Crippen LogP contribution is 2.29. The zero-order chi connectivity index (χ0) is 13.8. The van der Waals surface area contributed by atoms with E-state index in [0.717, 1.165) is 6.42 Å². The summed E-state index contributed by atoms with van der Waals surface area (Å²) in [6.07, 6.45) is -3.16. The Balaban J connectivity index is 2.58. The van der Waals surface area contributed by atoms with Gasteiger partial charge in [0.05, 0.1) is 0 Å². The third-order valence-electron chi connectivity index (χ3n) is 3.22. The monoisotopic (exact) mass is 269 g/mol. The summed E-state index contributed by atoms with van der Waals surface area (Å²) in [5, 5.41) is 19.6. The fourth-order valence-corrected chi connectivity index (χ4v) is 2.19. The van der Waals surface area contributed by atoms with Gasteiger partial charge in [-0.15, -0.1) is 0 Å². The van der Waals surface area contributed by atoms with Gasteiger partial charge in [0.2, 0.25) is 0 Å². The third-order valence-corrected chi connectivity index (χ3v) is 3.22. The number of oxime groups is 1. The first-order valence-corrected chi connectivity index (χ1v) is 5.75. The number of aliphatic hydroxyl groups is 1. The molecule has 1 aliphatic rings. The summed E-state index contributed by atoms with van der Waals surface area (Å²) >= 11 is 0. The summed E-state index contributed by atoms with van der Waals surface area (Å²) in [6.45, 7) is 0.782. The van der Waals surface area contributed by atoms with Gasteiger partial charge in [-0.05, 0) is 25.3 Å². The molecule has 2 unspecified atom stereocenters. The predicted octanol–water partition coefficient (Wildman–Crippen LogP) is 0.616. The molecule has 0 aromatic carbocycles. The number of amidine groups is 1. The minimum Gasteiger partial charge on any atom is -0.409 e. The highest BCUT2D eigenvalue weighted by atomic mass is 19.4. The maximum Gasteiger partial charge on any atom is 0.400 e.